The number of allylic oxidation sites excluding steroid dienone is 1. The second-order valence-electron chi connectivity index (χ2n) is 4.25. The fourth-order valence-electron chi connectivity index (χ4n) is 1.75. The van der Waals surface area contributed by atoms with Crippen molar-refractivity contribution in [1.82, 2.24) is 0 Å². The highest BCUT2D eigenvalue weighted by atomic mass is 79.9. The first-order valence-electron chi connectivity index (χ1n) is 5.91. The van der Waals surface area contributed by atoms with Crippen LogP contribution >= 0.6 is 15.9 Å². The SMILES string of the molecule is COc1cc(/C=C(/C)C(C)Br)cc2c1OCCO2. The van der Waals surface area contributed by atoms with E-state index in [1.807, 2.05) is 12.1 Å². The van der Waals surface area contributed by atoms with Crippen LogP contribution in [0.2, 0.25) is 0 Å². The van der Waals surface area contributed by atoms with Gasteiger partial charge in [-0.25, -0.2) is 0 Å². The number of halogens is 1. The molecule has 1 aliphatic rings. The molecule has 0 radical (unpaired) electrons. The van der Waals surface area contributed by atoms with Crippen molar-refractivity contribution in [1.29, 1.82) is 0 Å². The quantitative estimate of drug-likeness (QED) is 0.797. The molecule has 0 saturated heterocycles. The molecular weight excluding hydrogens is 296 g/mol. The summed E-state index contributed by atoms with van der Waals surface area (Å²) in [5, 5.41) is 0. The van der Waals surface area contributed by atoms with Crippen LogP contribution in [0.1, 0.15) is 19.4 Å². The normalized spacial score (nSPS) is 16.3. The Morgan fingerprint density at radius 3 is 2.78 bits per heavy atom. The largest absolute Gasteiger partial charge is 0.493 e. The minimum Gasteiger partial charge on any atom is -0.493 e. The molecule has 4 heteroatoms. The van der Waals surface area contributed by atoms with E-state index in [1.54, 1.807) is 7.11 Å². The topological polar surface area (TPSA) is 27.7 Å². The molecule has 1 aliphatic heterocycles. The van der Waals surface area contributed by atoms with Crippen LogP contribution in [0.25, 0.3) is 6.08 Å². The Morgan fingerprint density at radius 1 is 1.39 bits per heavy atom. The zero-order valence-electron chi connectivity index (χ0n) is 10.8. The smallest absolute Gasteiger partial charge is 0.203 e. The van der Waals surface area contributed by atoms with Crippen LogP contribution in [-0.2, 0) is 0 Å². The Balaban J connectivity index is 2.41. The van der Waals surface area contributed by atoms with Gasteiger partial charge in [0.05, 0.1) is 7.11 Å². The van der Waals surface area contributed by atoms with Crippen molar-refractivity contribution in [2.45, 2.75) is 18.7 Å². The molecule has 1 heterocycles. The predicted octanol–water partition coefficient (Wildman–Crippen LogP) is 3.65. The molecule has 1 atom stereocenters. The summed E-state index contributed by atoms with van der Waals surface area (Å²) in [5.41, 5.74) is 2.30. The van der Waals surface area contributed by atoms with E-state index in [0.29, 0.717) is 29.5 Å². The number of hydrogen-bond donors (Lipinski definition) is 0. The van der Waals surface area contributed by atoms with E-state index in [-0.39, 0.29) is 0 Å². The Kier molecular flexibility index (Phi) is 4.17. The number of methoxy groups -OCH3 is 1. The lowest BCUT2D eigenvalue weighted by Crippen LogP contribution is -2.16. The zero-order chi connectivity index (χ0) is 13.1. The maximum Gasteiger partial charge on any atom is 0.203 e. The molecule has 98 valence electrons. The number of benzene rings is 1. The van der Waals surface area contributed by atoms with Crippen LogP contribution in [0.5, 0.6) is 17.2 Å². The summed E-state index contributed by atoms with van der Waals surface area (Å²) < 4.78 is 16.5. The Morgan fingerprint density at radius 2 is 2.11 bits per heavy atom. The third kappa shape index (κ3) is 2.80. The molecule has 0 spiro atoms. The van der Waals surface area contributed by atoms with E-state index in [2.05, 4.69) is 35.9 Å². The lowest BCUT2D eigenvalue weighted by Gasteiger charge is -2.21. The highest BCUT2D eigenvalue weighted by Gasteiger charge is 2.18. The molecule has 0 aromatic heterocycles. The molecule has 0 aliphatic carbocycles. The standard InChI is InChI=1S/C14H17BrO3/c1-9(10(2)15)6-11-7-12(16-3)14-13(8-11)17-4-5-18-14/h6-8,10H,4-5H2,1-3H3/b9-6-. The number of ether oxygens (including phenoxy) is 3. The van der Waals surface area contributed by atoms with Gasteiger partial charge in [-0.3, -0.25) is 0 Å². The molecule has 1 aromatic carbocycles. The fraction of sp³-hybridized carbons (Fsp3) is 0.429. The van der Waals surface area contributed by atoms with Crippen LogP contribution in [0.3, 0.4) is 0 Å². The molecule has 0 amide bonds. The van der Waals surface area contributed by atoms with Crippen LogP contribution in [-0.4, -0.2) is 25.2 Å². The van der Waals surface area contributed by atoms with Crippen LogP contribution in [0.4, 0.5) is 0 Å². The highest BCUT2D eigenvalue weighted by molar-refractivity contribution is 9.09. The molecule has 2 rings (SSSR count). The molecule has 1 aromatic rings. The van der Waals surface area contributed by atoms with E-state index < -0.39 is 0 Å². The highest BCUT2D eigenvalue weighted by Crippen LogP contribution is 2.40. The van der Waals surface area contributed by atoms with Crippen molar-refractivity contribution in [3.63, 3.8) is 0 Å². The molecule has 0 saturated carbocycles. The van der Waals surface area contributed by atoms with Gasteiger partial charge in [0.1, 0.15) is 13.2 Å². The third-order valence-corrected chi connectivity index (χ3v) is 3.59. The van der Waals surface area contributed by atoms with Crippen LogP contribution in [0, 0.1) is 0 Å². The fourth-order valence-corrected chi connectivity index (χ4v) is 1.89. The van der Waals surface area contributed by atoms with Gasteiger partial charge in [0.25, 0.3) is 0 Å². The van der Waals surface area contributed by atoms with E-state index in [9.17, 15) is 0 Å². The third-order valence-electron chi connectivity index (χ3n) is 2.87. The molecule has 3 nitrogen and oxygen atoms in total. The van der Waals surface area contributed by atoms with Crippen molar-refractivity contribution >= 4 is 22.0 Å². The first-order chi connectivity index (χ1) is 8.61. The number of hydrogen-bond acceptors (Lipinski definition) is 3. The van der Waals surface area contributed by atoms with Crippen molar-refractivity contribution in [3.8, 4) is 17.2 Å². The molecule has 0 fully saturated rings. The minimum atomic E-state index is 0.344. The first kappa shape index (κ1) is 13.3. The second-order valence-corrected chi connectivity index (χ2v) is 5.63. The summed E-state index contributed by atoms with van der Waals surface area (Å²) in [4.78, 5) is 0.344. The monoisotopic (exact) mass is 312 g/mol. The maximum atomic E-state index is 5.60. The van der Waals surface area contributed by atoms with Gasteiger partial charge in [0.15, 0.2) is 11.5 Å². The van der Waals surface area contributed by atoms with Gasteiger partial charge >= 0.3 is 0 Å². The molecule has 1 unspecified atom stereocenters. The average molecular weight is 313 g/mol. The van der Waals surface area contributed by atoms with Gasteiger partial charge in [-0.05, 0) is 31.5 Å². The summed E-state index contributed by atoms with van der Waals surface area (Å²) in [6, 6.07) is 3.95. The van der Waals surface area contributed by atoms with E-state index in [0.717, 1.165) is 11.3 Å². The van der Waals surface area contributed by atoms with Crippen molar-refractivity contribution < 1.29 is 14.2 Å². The summed E-state index contributed by atoms with van der Waals surface area (Å²) >= 11 is 3.55. The Bertz CT molecular complexity index is 449. The minimum absolute atomic E-state index is 0.344. The van der Waals surface area contributed by atoms with Gasteiger partial charge in [-0.2, -0.15) is 0 Å². The summed E-state index contributed by atoms with van der Waals surface area (Å²) in [6.45, 7) is 5.33. The number of rotatable bonds is 3. The molecule has 0 N–H and O–H groups in total. The van der Waals surface area contributed by atoms with Gasteiger partial charge < -0.3 is 14.2 Å². The predicted molar refractivity (Wildman–Crippen MR) is 76.0 cm³/mol. The van der Waals surface area contributed by atoms with Gasteiger partial charge in [0.2, 0.25) is 5.75 Å². The van der Waals surface area contributed by atoms with Crippen molar-refractivity contribution in [2.24, 2.45) is 0 Å². The summed E-state index contributed by atoms with van der Waals surface area (Å²) in [7, 11) is 1.64. The lowest BCUT2D eigenvalue weighted by atomic mass is 10.1. The van der Waals surface area contributed by atoms with Crippen molar-refractivity contribution in [3.05, 3.63) is 23.3 Å². The zero-order valence-corrected chi connectivity index (χ0v) is 12.4. The van der Waals surface area contributed by atoms with Gasteiger partial charge in [-0.1, -0.05) is 27.6 Å². The number of alkyl halides is 1. The lowest BCUT2D eigenvalue weighted by molar-refractivity contribution is 0.165. The van der Waals surface area contributed by atoms with E-state index in [4.69, 9.17) is 14.2 Å². The Labute approximate surface area is 116 Å². The van der Waals surface area contributed by atoms with Crippen molar-refractivity contribution in [2.75, 3.05) is 20.3 Å². The molecule has 0 bridgehead atoms. The van der Waals surface area contributed by atoms with Crippen LogP contribution in [0.15, 0.2) is 17.7 Å². The summed E-state index contributed by atoms with van der Waals surface area (Å²) in [6.07, 6.45) is 2.11. The number of fused-ring (bicyclic) bond motifs is 1. The summed E-state index contributed by atoms with van der Waals surface area (Å²) in [5.74, 6) is 2.17. The van der Waals surface area contributed by atoms with Gasteiger partial charge in [0, 0.05) is 4.83 Å². The maximum absolute atomic E-state index is 5.60. The van der Waals surface area contributed by atoms with Gasteiger partial charge in [-0.15, -0.1) is 0 Å². The molecule has 18 heavy (non-hydrogen) atoms. The molecular formula is C14H17BrO3. The van der Waals surface area contributed by atoms with E-state index >= 15 is 0 Å². The van der Waals surface area contributed by atoms with E-state index in [1.165, 1.54) is 5.57 Å². The van der Waals surface area contributed by atoms with Crippen LogP contribution < -0.4 is 14.2 Å². The second kappa shape index (κ2) is 5.65. The first-order valence-corrected chi connectivity index (χ1v) is 6.83. The Hall–Kier alpha value is -1.16. The average Bonchev–Trinajstić information content (AvgIpc) is 2.37.